The fraction of sp³-hybridized carbons (Fsp3) is 0.571. The van der Waals surface area contributed by atoms with Gasteiger partial charge in [0.1, 0.15) is 0 Å². The third-order valence-electron chi connectivity index (χ3n) is 1.80. The van der Waals surface area contributed by atoms with Gasteiger partial charge in [-0.2, -0.15) is 0 Å². The molecule has 0 heterocycles. The topological polar surface area (TPSA) is 63.3 Å². The second-order valence-electron chi connectivity index (χ2n) is 2.59. The quantitative estimate of drug-likeness (QED) is 0.565. The van der Waals surface area contributed by atoms with Crippen LogP contribution in [0.25, 0.3) is 0 Å². The normalized spacial score (nSPS) is 25.6. The first kappa shape index (κ1) is 7.12. The van der Waals surface area contributed by atoms with E-state index in [2.05, 4.69) is 0 Å². The number of aliphatic carboxylic acids is 1. The molecule has 0 aromatic carbocycles. The highest BCUT2D eigenvalue weighted by Gasteiger charge is 2.18. The van der Waals surface area contributed by atoms with Crippen molar-refractivity contribution in [3.05, 3.63) is 11.8 Å². The number of hydrogen-bond donors (Lipinski definition) is 2. The van der Waals surface area contributed by atoms with Crippen LogP contribution < -0.4 is 5.73 Å². The van der Waals surface area contributed by atoms with Crippen molar-refractivity contribution in [3.63, 3.8) is 0 Å². The van der Waals surface area contributed by atoms with Crippen LogP contribution in [0.3, 0.4) is 0 Å². The summed E-state index contributed by atoms with van der Waals surface area (Å²) in [6.07, 6.45) is 3.83. The number of rotatable bonds is 1. The van der Waals surface area contributed by atoms with Crippen LogP contribution in [0.2, 0.25) is 0 Å². The SMILES string of the molecule is NC1=CCC(C(=O)O)CC1. The Morgan fingerprint density at radius 2 is 2.50 bits per heavy atom. The Morgan fingerprint density at radius 1 is 1.80 bits per heavy atom. The van der Waals surface area contributed by atoms with E-state index in [1.54, 1.807) is 0 Å². The molecular weight excluding hydrogens is 130 g/mol. The molecule has 0 bridgehead atoms. The second kappa shape index (κ2) is 2.73. The van der Waals surface area contributed by atoms with Gasteiger partial charge < -0.3 is 10.8 Å². The predicted molar refractivity (Wildman–Crippen MR) is 37.2 cm³/mol. The molecule has 0 aromatic rings. The Balaban J connectivity index is 2.50. The van der Waals surface area contributed by atoms with E-state index in [4.69, 9.17) is 10.8 Å². The molecule has 56 valence electrons. The van der Waals surface area contributed by atoms with Gasteiger partial charge in [0.2, 0.25) is 0 Å². The van der Waals surface area contributed by atoms with Crippen molar-refractivity contribution < 1.29 is 9.90 Å². The smallest absolute Gasteiger partial charge is 0.306 e. The van der Waals surface area contributed by atoms with Crippen molar-refractivity contribution in [1.82, 2.24) is 0 Å². The van der Waals surface area contributed by atoms with Gasteiger partial charge in [0.25, 0.3) is 0 Å². The number of carboxylic acid groups (broad SMARTS) is 1. The molecule has 0 amide bonds. The predicted octanol–water partition coefficient (Wildman–Crippen LogP) is 0.714. The molecule has 0 saturated heterocycles. The van der Waals surface area contributed by atoms with Gasteiger partial charge in [-0.15, -0.1) is 0 Å². The maximum absolute atomic E-state index is 10.4. The van der Waals surface area contributed by atoms with Crippen molar-refractivity contribution in [3.8, 4) is 0 Å². The largest absolute Gasteiger partial charge is 0.481 e. The fourth-order valence-electron chi connectivity index (χ4n) is 1.08. The summed E-state index contributed by atoms with van der Waals surface area (Å²) >= 11 is 0. The van der Waals surface area contributed by atoms with Crippen LogP contribution in [0.1, 0.15) is 19.3 Å². The molecule has 3 N–H and O–H groups in total. The zero-order valence-electron chi connectivity index (χ0n) is 5.71. The summed E-state index contributed by atoms with van der Waals surface area (Å²) in [5.74, 6) is -0.906. The van der Waals surface area contributed by atoms with E-state index in [0.717, 1.165) is 12.1 Å². The first-order valence-electron chi connectivity index (χ1n) is 3.37. The summed E-state index contributed by atoms with van der Waals surface area (Å²) in [5, 5.41) is 8.55. The van der Waals surface area contributed by atoms with Crippen LogP contribution in [-0.4, -0.2) is 11.1 Å². The van der Waals surface area contributed by atoms with Crippen LogP contribution in [-0.2, 0) is 4.79 Å². The van der Waals surface area contributed by atoms with Gasteiger partial charge in [-0.1, -0.05) is 6.08 Å². The minimum Gasteiger partial charge on any atom is -0.481 e. The molecule has 1 aliphatic rings. The highest BCUT2D eigenvalue weighted by atomic mass is 16.4. The molecule has 0 aromatic heterocycles. The lowest BCUT2D eigenvalue weighted by Crippen LogP contribution is -2.17. The van der Waals surface area contributed by atoms with Crippen molar-refractivity contribution in [2.24, 2.45) is 11.7 Å². The Morgan fingerprint density at radius 3 is 2.90 bits per heavy atom. The van der Waals surface area contributed by atoms with Gasteiger partial charge in [0, 0.05) is 5.70 Å². The van der Waals surface area contributed by atoms with E-state index in [1.807, 2.05) is 6.08 Å². The van der Waals surface area contributed by atoms with Crippen LogP contribution in [0.4, 0.5) is 0 Å². The zero-order valence-corrected chi connectivity index (χ0v) is 5.71. The Hall–Kier alpha value is -0.990. The van der Waals surface area contributed by atoms with Gasteiger partial charge in [-0.05, 0) is 19.3 Å². The number of nitrogens with two attached hydrogens (primary N) is 1. The average molecular weight is 141 g/mol. The van der Waals surface area contributed by atoms with E-state index < -0.39 is 5.97 Å². The molecule has 0 fully saturated rings. The summed E-state index contributed by atoms with van der Waals surface area (Å²) in [5.41, 5.74) is 6.30. The molecule has 3 nitrogen and oxygen atoms in total. The molecule has 0 spiro atoms. The Bertz CT molecular complexity index is 174. The van der Waals surface area contributed by atoms with Crippen molar-refractivity contribution in [2.75, 3.05) is 0 Å². The maximum Gasteiger partial charge on any atom is 0.306 e. The Labute approximate surface area is 59.5 Å². The monoisotopic (exact) mass is 141 g/mol. The molecule has 10 heavy (non-hydrogen) atoms. The molecule has 0 saturated carbocycles. The minimum atomic E-state index is -0.705. The number of hydrogen-bond acceptors (Lipinski definition) is 2. The van der Waals surface area contributed by atoms with Gasteiger partial charge >= 0.3 is 5.97 Å². The molecule has 3 heteroatoms. The minimum absolute atomic E-state index is 0.202. The van der Waals surface area contributed by atoms with Gasteiger partial charge in [-0.3, -0.25) is 4.79 Å². The summed E-state index contributed by atoms with van der Waals surface area (Å²) < 4.78 is 0. The van der Waals surface area contributed by atoms with E-state index >= 15 is 0 Å². The van der Waals surface area contributed by atoms with E-state index in [9.17, 15) is 4.79 Å². The van der Waals surface area contributed by atoms with Crippen molar-refractivity contribution >= 4 is 5.97 Å². The third-order valence-corrected chi connectivity index (χ3v) is 1.80. The molecule has 1 unspecified atom stereocenters. The first-order valence-corrected chi connectivity index (χ1v) is 3.37. The summed E-state index contributed by atoms with van der Waals surface area (Å²) in [7, 11) is 0. The highest BCUT2D eigenvalue weighted by molar-refractivity contribution is 5.70. The molecule has 0 aliphatic heterocycles. The van der Waals surface area contributed by atoms with Gasteiger partial charge in [0.05, 0.1) is 5.92 Å². The van der Waals surface area contributed by atoms with Crippen LogP contribution >= 0.6 is 0 Å². The number of carboxylic acids is 1. The third kappa shape index (κ3) is 1.50. The summed E-state index contributed by atoms with van der Waals surface area (Å²) in [4.78, 5) is 10.4. The van der Waals surface area contributed by atoms with Crippen LogP contribution in [0.15, 0.2) is 11.8 Å². The lowest BCUT2D eigenvalue weighted by Gasteiger charge is -2.15. The molecule has 0 radical (unpaired) electrons. The van der Waals surface area contributed by atoms with Crippen LogP contribution in [0, 0.1) is 5.92 Å². The van der Waals surface area contributed by atoms with Gasteiger partial charge in [-0.25, -0.2) is 0 Å². The average Bonchev–Trinajstić information content (AvgIpc) is 1.88. The first-order chi connectivity index (χ1) is 4.70. The van der Waals surface area contributed by atoms with Crippen LogP contribution in [0.5, 0.6) is 0 Å². The Kier molecular flexibility index (Phi) is 1.94. The highest BCUT2D eigenvalue weighted by Crippen LogP contribution is 2.20. The van der Waals surface area contributed by atoms with E-state index in [-0.39, 0.29) is 5.92 Å². The fourth-order valence-corrected chi connectivity index (χ4v) is 1.08. The standard InChI is InChI=1S/C7H11NO2/c8-6-3-1-5(2-4-6)7(9)10/h3,5H,1-2,4,8H2,(H,9,10). The second-order valence-corrected chi connectivity index (χ2v) is 2.59. The molecule has 1 aliphatic carbocycles. The number of allylic oxidation sites excluding steroid dienone is 2. The zero-order chi connectivity index (χ0) is 7.56. The molecular formula is C7H11NO2. The lowest BCUT2D eigenvalue weighted by molar-refractivity contribution is -0.141. The summed E-state index contributed by atoms with van der Waals surface area (Å²) in [6, 6.07) is 0. The molecule has 1 rings (SSSR count). The van der Waals surface area contributed by atoms with Crippen molar-refractivity contribution in [1.29, 1.82) is 0 Å². The maximum atomic E-state index is 10.4. The van der Waals surface area contributed by atoms with Crippen molar-refractivity contribution in [2.45, 2.75) is 19.3 Å². The van der Waals surface area contributed by atoms with E-state index in [1.165, 1.54) is 0 Å². The van der Waals surface area contributed by atoms with Gasteiger partial charge in [0.15, 0.2) is 0 Å². The lowest BCUT2D eigenvalue weighted by atomic mass is 9.93. The summed E-state index contributed by atoms with van der Waals surface area (Å²) in [6.45, 7) is 0. The number of carbonyl (C=O) groups is 1. The molecule has 1 atom stereocenters. The van der Waals surface area contributed by atoms with E-state index in [0.29, 0.717) is 12.8 Å².